The maximum atomic E-state index is 12.6. The molecule has 0 amide bonds. The Morgan fingerprint density at radius 3 is 2.56 bits per heavy atom. The summed E-state index contributed by atoms with van der Waals surface area (Å²) in [5.74, 6) is -0.148. The van der Waals surface area contributed by atoms with Gasteiger partial charge in [0.25, 0.3) is 0 Å². The lowest BCUT2D eigenvalue weighted by Crippen LogP contribution is -2.34. The zero-order valence-electron chi connectivity index (χ0n) is 9.84. The summed E-state index contributed by atoms with van der Waals surface area (Å²) in [6.07, 6.45) is -5.05. The summed E-state index contributed by atoms with van der Waals surface area (Å²) in [6, 6.07) is 3.25. The number of epoxide rings is 1. The molecule has 0 unspecified atom stereocenters. The van der Waals surface area contributed by atoms with Gasteiger partial charge in [-0.3, -0.25) is 4.79 Å². The van der Waals surface area contributed by atoms with Crippen molar-refractivity contribution < 1.29 is 22.7 Å². The third kappa shape index (κ3) is 1.43. The summed E-state index contributed by atoms with van der Waals surface area (Å²) in [5, 5.41) is 0. The molecule has 0 spiro atoms. The molecule has 1 saturated heterocycles. The topological polar surface area (TPSA) is 29.6 Å². The van der Waals surface area contributed by atoms with Gasteiger partial charge in [-0.2, -0.15) is 13.2 Å². The number of benzene rings is 1. The van der Waals surface area contributed by atoms with Crippen molar-refractivity contribution in [3.05, 3.63) is 34.9 Å². The molecule has 2 aliphatic rings. The smallest absolute Gasteiger partial charge is 0.363 e. The molecule has 96 valence electrons. The van der Waals surface area contributed by atoms with Crippen LogP contribution in [0.1, 0.15) is 41.4 Å². The Hall–Kier alpha value is -1.36. The first-order chi connectivity index (χ1) is 8.23. The van der Waals surface area contributed by atoms with Crippen LogP contribution in [0.15, 0.2) is 18.2 Å². The van der Waals surface area contributed by atoms with Crippen LogP contribution in [0.2, 0.25) is 0 Å². The molecule has 1 aliphatic carbocycles. The highest BCUT2D eigenvalue weighted by molar-refractivity contribution is 6.03. The fourth-order valence-electron chi connectivity index (χ4n) is 2.56. The van der Waals surface area contributed by atoms with Crippen molar-refractivity contribution >= 4 is 5.78 Å². The van der Waals surface area contributed by atoms with E-state index in [1.54, 1.807) is 13.8 Å². The van der Waals surface area contributed by atoms with E-state index in [0.29, 0.717) is 11.1 Å². The first-order valence-electron chi connectivity index (χ1n) is 5.64. The maximum absolute atomic E-state index is 12.6. The molecule has 0 aromatic heterocycles. The van der Waals surface area contributed by atoms with E-state index in [0.717, 1.165) is 12.1 Å². The number of rotatable bonds is 0. The minimum absolute atomic E-state index is 0.148. The van der Waals surface area contributed by atoms with E-state index in [9.17, 15) is 18.0 Å². The number of halogens is 3. The van der Waals surface area contributed by atoms with Gasteiger partial charge in [0.2, 0.25) is 0 Å². The van der Waals surface area contributed by atoms with Gasteiger partial charge in [0.1, 0.15) is 12.2 Å². The van der Waals surface area contributed by atoms with Crippen molar-refractivity contribution in [3.63, 3.8) is 0 Å². The Balaban J connectivity index is 2.13. The zero-order chi connectivity index (χ0) is 13.3. The Labute approximate surface area is 102 Å². The molecule has 0 saturated carbocycles. The van der Waals surface area contributed by atoms with Crippen LogP contribution in [0.3, 0.4) is 0 Å². The lowest BCUT2D eigenvalue weighted by molar-refractivity contribution is -0.137. The quantitative estimate of drug-likeness (QED) is 0.666. The van der Waals surface area contributed by atoms with Gasteiger partial charge in [-0.15, -0.1) is 0 Å². The molecular formula is C13H11F3O2. The molecule has 1 aromatic rings. The lowest BCUT2D eigenvalue weighted by atomic mass is 9.73. The molecule has 1 fully saturated rings. The third-order valence-electron chi connectivity index (χ3n) is 3.72. The SMILES string of the molecule is CC1(C)C(=O)c2ccc(C(F)(F)F)cc2[C@@H]2O[C@@H]21. The minimum atomic E-state index is -4.39. The van der Waals surface area contributed by atoms with Crippen molar-refractivity contribution in [3.8, 4) is 0 Å². The second-order valence-electron chi connectivity index (χ2n) is 5.33. The molecule has 1 aliphatic heterocycles. The molecule has 1 heterocycles. The van der Waals surface area contributed by atoms with Gasteiger partial charge >= 0.3 is 6.18 Å². The van der Waals surface area contributed by atoms with Crippen LogP contribution in [0.25, 0.3) is 0 Å². The van der Waals surface area contributed by atoms with Crippen molar-refractivity contribution in [2.45, 2.75) is 32.2 Å². The first kappa shape index (κ1) is 11.7. The summed E-state index contributed by atoms with van der Waals surface area (Å²) >= 11 is 0. The maximum Gasteiger partial charge on any atom is 0.416 e. The zero-order valence-corrected chi connectivity index (χ0v) is 9.84. The van der Waals surface area contributed by atoms with E-state index in [4.69, 9.17) is 4.74 Å². The highest BCUT2D eigenvalue weighted by Gasteiger charge is 2.59. The highest BCUT2D eigenvalue weighted by atomic mass is 19.4. The Morgan fingerprint density at radius 1 is 1.28 bits per heavy atom. The fraction of sp³-hybridized carbons (Fsp3) is 0.462. The first-order valence-corrected chi connectivity index (χ1v) is 5.64. The standard InChI is InChI=1S/C13H11F3O2/c1-12(2)10(17)7-4-3-6(13(14,15)16)5-8(7)9-11(12)18-9/h3-5,9,11H,1-2H3/t9-,11-/m0/s1. The number of ketones is 1. The van der Waals surface area contributed by atoms with Gasteiger partial charge in [-0.25, -0.2) is 0 Å². The summed E-state index contributed by atoms with van der Waals surface area (Å²) in [6.45, 7) is 3.53. The Bertz CT molecular complexity index is 546. The number of carbonyl (C=O) groups excluding carboxylic acids is 1. The van der Waals surface area contributed by atoms with Gasteiger partial charge in [0.05, 0.1) is 11.0 Å². The van der Waals surface area contributed by atoms with Gasteiger partial charge < -0.3 is 4.74 Å². The highest BCUT2D eigenvalue weighted by Crippen LogP contribution is 2.55. The average Bonchev–Trinajstić information content (AvgIpc) is 3.05. The molecule has 0 N–H and O–H groups in total. The second-order valence-corrected chi connectivity index (χ2v) is 5.33. The largest absolute Gasteiger partial charge is 0.416 e. The van der Waals surface area contributed by atoms with Crippen LogP contribution in [0.4, 0.5) is 13.2 Å². The number of ether oxygens (including phenoxy) is 1. The van der Waals surface area contributed by atoms with Gasteiger partial charge in [-0.1, -0.05) is 6.07 Å². The Morgan fingerprint density at radius 2 is 1.94 bits per heavy atom. The van der Waals surface area contributed by atoms with Crippen molar-refractivity contribution in [1.29, 1.82) is 0 Å². The average molecular weight is 256 g/mol. The van der Waals surface area contributed by atoms with Gasteiger partial charge in [-0.05, 0) is 31.5 Å². The predicted molar refractivity (Wildman–Crippen MR) is 57.2 cm³/mol. The van der Waals surface area contributed by atoms with Crippen LogP contribution in [-0.4, -0.2) is 11.9 Å². The normalized spacial score (nSPS) is 28.6. The third-order valence-corrected chi connectivity index (χ3v) is 3.72. The molecule has 0 radical (unpaired) electrons. The molecule has 18 heavy (non-hydrogen) atoms. The molecule has 2 nitrogen and oxygen atoms in total. The molecule has 1 aromatic carbocycles. The number of fused-ring (bicyclic) bond motifs is 3. The minimum Gasteiger partial charge on any atom is -0.363 e. The number of carbonyl (C=O) groups is 1. The van der Waals surface area contributed by atoms with Crippen LogP contribution >= 0.6 is 0 Å². The number of hydrogen-bond acceptors (Lipinski definition) is 2. The summed E-state index contributed by atoms with van der Waals surface area (Å²) in [5.41, 5.74) is -0.661. The summed E-state index contributed by atoms with van der Waals surface area (Å²) < 4.78 is 43.2. The van der Waals surface area contributed by atoms with Crippen LogP contribution < -0.4 is 0 Å². The second kappa shape index (κ2) is 3.15. The van der Waals surface area contributed by atoms with E-state index in [-0.39, 0.29) is 18.0 Å². The Kier molecular flexibility index (Phi) is 2.05. The van der Waals surface area contributed by atoms with Crippen LogP contribution in [0.5, 0.6) is 0 Å². The van der Waals surface area contributed by atoms with Gasteiger partial charge in [0, 0.05) is 5.56 Å². The fourth-order valence-corrected chi connectivity index (χ4v) is 2.56. The van der Waals surface area contributed by atoms with E-state index in [1.807, 2.05) is 0 Å². The number of alkyl halides is 3. The van der Waals surface area contributed by atoms with E-state index >= 15 is 0 Å². The molecular weight excluding hydrogens is 245 g/mol. The van der Waals surface area contributed by atoms with Crippen molar-refractivity contribution in [1.82, 2.24) is 0 Å². The van der Waals surface area contributed by atoms with Crippen molar-refractivity contribution in [2.75, 3.05) is 0 Å². The van der Waals surface area contributed by atoms with E-state index in [1.165, 1.54) is 6.07 Å². The molecule has 3 rings (SSSR count). The summed E-state index contributed by atoms with van der Waals surface area (Å²) in [4.78, 5) is 12.2. The molecule has 0 bridgehead atoms. The van der Waals surface area contributed by atoms with Crippen LogP contribution in [0, 0.1) is 5.41 Å². The number of hydrogen-bond donors (Lipinski definition) is 0. The molecule has 5 heteroatoms. The van der Waals surface area contributed by atoms with E-state index in [2.05, 4.69) is 0 Å². The van der Waals surface area contributed by atoms with E-state index < -0.39 is 17.2 Å². The summed E-state index contributed by atoms with van der Waals surface area (Å²) in [7, 11) is 0. The van der Waals surface area contributed by atoms with Crippen molar-refractivity contribution in [2.24, 2.45) is 5.41 Å². The monoisotopic (exact) mass is 256 g/mol. The predicted octanol–water partition coefficient (Wildman–Crippen LogP) is 3.37. The molecule has 2 atom stereocenters. The van der Waals surface area contributed by atoms with Crippen LogP contribution in [-0.2, 0) is 10.9 Å². The number of Topliss-reactive ketones (excluding diaryl/α,β-unsaturated/α-hetero) is 1. The van der Waals surface area contributed by atoms with Gasteiger partial charge in [0.15, 0.2) is 5.78 Å². The lowest BCUT2D eigenvalue weighted by Gasteiger charge is -2.26.